The number of hydrogen-bond donors (Lipinski definition) is 1. The second kappa shape index (κ2) is 10.4. The summed E-state index contributed by atoms with van der Waals surface area (Å²) in [6.45, 7) is 2.69. The van der Waals surface area contributed by atoms with Crippen molar-refractivity contribution in [2.75, 3.05) is 20.6 Å². The van der Waals surface area contributed by atoms with Crippen molar-refractivity contribution in [1.29, 1.82) is 0 Å². The number of nitrogens with zero attached hydrogens (tertiary/aromatic N) is 2. The maximum absolute atomic E-state index is 12.4. The van der Waals surface area contributed by atoms with Crippen LogP contribution in [0.1, 0.15) is 36.4 Å². The van der Waals surface area contributed by atoms with Crippen molar-refractivity contribution < 1.29 is 9.21 Å². The number of hydrogen-bond acceptors (Lipinski definition) is 4. The predicted molar refractivity (Wildman–Crippen MR) is 121 cm³/mol. The number of rotatable bonds is 9. The first kappa shape index (κ1) is 22.1. The van der Waals surface area contributed by atoms with Gasteiger partial charge in [-0.2, -0.15) is 0 Å². The van der Waals surface area contributed by atoms with Gasteiger partial charge in [-0.15, -0.1) is 0 Å². The van der Waals surface area contributed by atoms with E-state index in [1.165, 1.54) is 11.1 Å². The fourth-order valence-corrected chi connectivity index (χ4v) is 3.53. The molecule has 0 bridgehead atoms. The zero-order chi connectivity index (χ0) is 21.5. The number of benzene rings is 2. The molecular weight excluding hydrogens is 398 g/mol. The van der Waals surface area contributed by atoms with E-state index in [2.05, 4.69) is 46.4 Å². The molecule has 0 radical (unpaired) electrons. The molecule has 0 fully saturated rings. The largest absolute Gasteiger partial charge is 0.441 e. The Morgan fingerprint density at radius 2 is 1.90 bits per heavy atom. The smallest absolute Gasteiger partial charge is 0.220 e. The quantitative estimate of drug-likeness (QED) is 0.529. The molecule has 1 atom stereocenters. The van der Waals surface area contributed by atoms with Gasteiger partial charge < -0.3 is 14.6 Å². The van der Waals surface area contributed by atoms with E-state index in [-0.39, 0.29) is 11.9 Å². The van der Waals surface area contributed by atoms with E-state index in [4.69, 9.17) is 16.0 Å². The van der Waals surface area contributed by atoms with Crippen LogP contribution in [-0.2, 0) is 17.6 Å². The van der Waals surface area contributed by atoms with Gasteiger partial charge in [-0.25, -0.2) is 4.98 Å². The minimum Gasteiger partial charge on any atom is -0.441 e. The van der Waals surface area contributed by atoms with Gasteiger partial charge in [-0.1, -0.05) is 54.9 Å². The molecule has 158 valence electrons. The highest BCUT2D eigenvalue weighted by molar-refractivity contribution is 6.33. The Labute approximate surface area is 183 Å². The van der Waals surface area contributed by atoms with Crippen LogP contribution in [0.2, 0.25) is 5.02 Å². The van der Waals surface area contributed by atoms with E-state index in [0.717, 1.165) is 12.0 Å². The number of carbonyl (C=O) groups is 1. The van der Waals surface area contributed by atoms with Gasteiger partial charge in [0.1, 0.15) is 0 Å². The van der Waals surface area contributed by atoms with Gasteiger partial charge in [0, 0.05) is 24.9 Å². The summed E-state index contributed by atoms with van der Waals surface area (Å²) in [5, 5.41) is 3.65. The van der Waals surface area contributed by atoms with Crippen molar-refractivity contribution in [2.45, 2.75) is 32.2 Å². The molecule has 6 heteroatoms. The Kier molecular flexibility index (Phi) is 7.66. The zero-order valence-corrected chi connectivity index (χ0v) is 18.4. The normalized spacial score (nSPS) is 12.2. The number of carbonyl (C=O) groups excluding carboxylic acids is 1. The third-order valence-corrected chi connectivity index (χ3v) is 5.48. The highest BCUT2D eigenvalue weighted by Crippen LogP contribution is 2.28. The number of likely N-dealkylation sites (N-methyl/N-ethyl adjacent to an activating group) is 1. The van der Waals surface area contributed by atoms with Gasteiger partial charge in [0.25, 0.3) is 0 Å². The van der Waals surface area contributed by atoms with Gasteiger partial charge in [0.05, 0.1) is 17.3 Å². The second-order valence-electron chi connectivity index (χ2n) is 7.48. The number of aromatic nitrogens is 1. The standard InChI is InChI=1S/C24H28ClN3O2/c1-4-17-9-11-18(12-10-17)21(28(2)3)15-26-23(29)13-14-24-27-16-22(30-24)19-7-5-6-8-20(19)25/h5-12,16,21H,4,13-15H2,1-3H3,(H,26,29). The Bertz CT molecular complexity index is 967. The van der Waals surface area contributed by atoms with Crippen molar-refractivity contribution in [3.63, 3.8) is 0 Å². The summed E-state index contributed by atoms with van der Waals surface area (Å²) in [5.41, 5.74) is 3.29. The Hall–Kier alpha value is -2.63. The molecule has 1 amide bonds. The highest BCUT2D eigenvalue weighted by atomic mass is 35.5. The fourth-order valence-electron chi connectivity index (χ4n) is 3.30. The van der Waals surface area contributed by atoms with Crippen LogP contribution in [0.3, 0.4) is 0 Å². The molecule has 3 aromatic rings. The van der Waals surface area contributed by atoms with E-state index >= 15 is 0 Å². The van der Waals surface area contributed by atoms with E-state index in [1.807, 2.05) is 38.4 Å². The second-order valence-corrected chi connectivity index (χ2v) is 7.88. The summed E-state index contributed by atoms with van der Waals surface area (Å²) in [6.07, 6.45) is 3.42. The Morgan fingerprint density at radius 3 is 2.57 bits per heavy atom. The summed E-state index contributed by atoms with van der Waals surface area (Å²) in [4.78, 5) is 18.8. The van der Waals surface area contributed by atoms with Gasteiger partial charge in [0.2, 0.25) is 5.91 Å². The molecule has 0 saturated heterocycles. The molecule has 0 aliphatic carbocycles. The first-order chi connectivity index (χ1) is 14.5. The lowest BCUT2D eigenvalue weighted by molar-refractivity contribution is -0.121. The summed E-state index contributed by atoms with van der Waals surface area (Å²) in [5.74, 6) is 1.11. The lowest BCUT2D eigenvalue weighted by atomic mass is 10.0. The molecule has 1 N–H and O–H groups in total. The van der Waals surface area contributed by atoms with E-state index in [9.17, 15) is 4.79 Å². The molecule has 3 rings (SSSR count). The third-order valence-electron chi connectivity index (χ3n) is 5.15. The third kappa shape index (κ3) is 5.71. The van der Waals surface area contributed by atoms with Crippen LogP contribution in [0, 0.1) is 0 Å². The van der Waals surface area contributed by atoms with Crippen LogP contribution >= 0.6 is 11.6 Å². The minimum atomic E-state index is -0.0236. The van der Waals surface area contributed by atoms with Crippen molar-refractivity contribution in [3.8, 4) is 11.3 Å². The van der Waals surface area contributed by atoms with E-state index in [0.29, 0.717) is 36.1 Å². The number of nitrogens with one attached hydrogen (secondary N) is 1. The molecule has 0 spiro atoms. The Morgan fingerprint density at radius 1 is 1.17 bits per heavy atom. The molecule has 1 heterocycles. The highest BCUT2D eigenvalue weighted by Gasteiger charge is 2.16. The zero-order valence-electron chi connectivity index (χ0n) is 17.7. The van der Waals surface area contributed by atoms with Crippen molar-refractivity contribution >= 4 is 17.5 Å². The SMILES string of the molecule is CCc1ccc(C(CNC(=O)CCc2ncc(-c3ccccc3Cl)o2)N(C)C)cc1. The van der Waals surface area contributed by atoms with Crippen LogP contribution in [0.5, 0.6) is 0 Å². The molecular formula is C24H28ClN3O2. The molecule has 1 unspecified atom stereocenters. The number of aryl methyl sites for hydroxylation is 2. The van der Waals surface area contributed by atoms with Crippen LogP contribution < -0.4 is 5.32 Å². The van der Waals surface area contributed by atoms with Crippen molar-refractivity contribution in [3.05, 3.63) is 76.8 Å². The molecule has 0 aliphatic rings. The lowest BCUT2D eigenvalue weighted by Gasteiger charge is -2.25. The first-order valence-electron chi connectivity index (χ1n) is 10.2. The lowest BCUT2D eigenvalue weighted by Crippen LogP contribution is -2.34. The molecule has 30 heavy (non-hydrogen) atoms. The van der Waals surface area contributed by atoms with E-state index in [1.54, 1.807) is 6.20 Å². The average molecular weight is 426 g/mol. The van der Waals surface area contributed by atoms with Gasteiger partial charge in [0.15, 0.2) is 11.7 Å². The fraction of sp³-hybridized carbons (Fsp3) is 0.333. The average Bonchev–Trinajstić information content (AvgIpc) is 3.22. The van der Waals surface area contributed by atoms with Gasteiger partial charge in [-0.3, -0.25) is 4.79 Å². The van der Waals surface area contributed by atoms with Crippen LogP contribution in [0.15, 0.2) is 59.1 Å². The van der Waals surface area contributed by atoms with Gasteiger partial charge in [-0.05, 0) is 43.8 Å². The predicted octanol–water partition coefficient (Wildman–Crippen LogP) is 4.91. The number of halogens is 1. The van der Waals surface area contributed by atoms with E-state index < -0.39 is 0 Å². The summed E-state index contributed by atoms with van der Waals surface area (Å²) in [7, 11) is 4.04. The van der Waals surface area contributed by atoms with Crippen molar-refractivity contribution in [1.82, 2.24) is 15.2 Å². The summed E-state index contributed by atoms with van der Waals surface area (Å²) < 4.78 is 5.77. The van der Waals surface area contributed by atoms with Crippen molar-refractivity contribution in [2.24, 2.45) is 0 Å². The van der Waals surface area contributed by atoms with Crippen LogP contribution in [-0.4, -0.2) is 36.4 Å². The maximum Gasteiger partial charge on any atom is 0.220 e. The number of oxazole rings is 1. The first-order valence-corrected chi connectivity index (χ1v) is 10.6. The molecule has 0 aliphatic heterocycles. The van der Waals surface area contributed by atoms with Crippen LogP contribution in [0.25, 0.3) is 11.3 Å². The molecule has 1 aromatic heterocycles. The monoisotopic (exact) mass is 425 g/mol. The summed E-state index contributed by atoms with van der Waals surface area (Å²) in [6, 6.07) is 16.1. The molecule has 5 nitrogen and oxygen atoms in total. The summed E-state index contributed by atoms with van der Waals surface area (Å²) >= 11 is 6.20. The van der Waals surface area contributed by atoms with Crippen LogP contribution in [0.4, 0.5) is 0 Å². The van der Waals surface area contributed by atoms with Gasteiger partial charge >= 0.3 is 0 Å². The molecule has 2 aromatic carbocycles. The maximum atomic E-state index is 12.4. The topological polar surface area (TPSA) is 58.4 Å². The minimum absolute atomic E-state index is 0.0236. The molecule has 0 saturated carbocycles. The number of amides is 1. The Balaban J connectivity index is 1.53.